The van der Waals surface area contributed by atoms with Gasteiger partial charge in [-0.25, -0.2) is 0 Å². The van der Waals surface area contributed by atoms with Crippen molar-refractivity contribution in [2.75, 3.05) is 0 Å². The SMILES string of the molecule is O=[N+]([O-])C1(C/C=C/O)C=C1. The van der Waals surface area contributed by atoms with E-state index in [2.05, 4.69) is 0 Å². The number of hydrogen-bond acceptors (Lipinski definition) is 3. The Hall–Kier alpha value is -1.32. The van der Waals surface area contributed by atoms with Crippen molar-refractivity contribution < 1.29 is 10.0 Å². The molecule has 0 aromatic rings. The molecule has 0 amide bonds. The summed E-state index contributed by atoms with van der Waals surface area (Å²) in [4.78, 5) is 9.85. The van der Waals surface area contributed by atoms with Gasteiger partial charge in [-0.05, 0) is 18.2 Å². The molecule has 10 heavy (non-hydrogen) atoms. The average Bonchev–Trinajstić information content (AvgIpc) is 2.64. The van der Waals surface area contributed by atoms with Gasteiger partial charge in [-0.3, -0.25) is 10.1 Å². The van der Waals surface area contributed by atoms with Crippen LogP contribution in [0, 0.1) is 10.1 Å². The molecule has 0 radical (unpaired) electrons. The van der Waals surface area contributed by atoms with Crippen LogP contribution >= 0.6 is 0 Å². The second-order valence-corrected chi connectivity index (χ2v) is 2.17. The van der Waals surface area contributed by atoms with Gasteiger partial charge in [0.15, 0.2) is 0 Å². The fourth-order valence-corrected chi connectivity index (χ4v) is 0.670. The lowest BCUT2D eigenvalue weighted by molar-refractivity contribution is -0.528. The van der Waals surface area contributed by atoms with Crippen molar-refractivity contribution in [1.82, 2.24) is 0 Å². The van der Waals surface area contributed by atoms with Crippen molar-refractivity contribution in [1.29, 1.82) is 0 Å². The summed E-state index contributed by atoms with van der Waals surface area (Å²) >= 11 is 0. The van der Waals surface area contributed by atoms with Gasteiger partial charge in [0.2, 0.25) is 0 Å². The molecule has 1 aliphatic rings. The molecule has 0 unspecified atom stereocenters. The molecule has 0 bridgehead atoms. The van der Waals surface area contributed by atoms with Gasteiger partial charge in [0.1, 0.15) is 0 Å². The Labute approximate surface area is 57.6 Å². The fourth-order valence-electron chi connectivity index (χ4n) is 0.670. The Balaban J connectivity index is 2.46. The molecule has 1 aliphatic carbocycles. The van der Waals surface area contributed by atoms with Crippen LogP contribution in [0.3, 0.4) is 0 Å². The van der Waals surface area contributed by atoms with E-state index in [9.17, 15) is 10.1 Å². The third-order valence-electron chi connectivity index (χ3n) is 1.44. The van der Waals surface area contributed by atoms with Crippen LogP contribution in [-0.4, -0.2) is 15.6 Å². The summed E-state index contributed by atoms with van der Waals surface area (Å²) in [6, 6.07) is 0. The standard InChI is InChI=1S/C6H7NO3/c8-5-1-2-6(3-4-6)7(9)10/h1,3-5,8H,2H2/b5-1+. The van der Waals surface area contributed by atoms with Gasteiger partial charge in [0.25, 0.3) is 5.54 Å². The molecule has 4 nitrogen and oxygen atoms in total. The molecule has 0 fully saturated rings. The molecule has 0 aliphatic heterocycles. The summed E-state index contributed by atoms with van der Waals surface area (Å²) < 4.78 is 0. The highest BCUT2D eigenvalue weighted by Gasteiger charge is 2.46. The van der Waals surface area contributed by atoms with Crippen LogP contribution in [0.1, 0.15) is 6.42 Å². The molecular formula is C6H7NO3. The van der Waals surface area contributed by atoms with Gasteiger partial charge in [0.05, 0.1) is 6.26 Å². The first-order valence-electron chi connectivity index (χ1n) is 2.85. The monoisotopic (exact) mass is 141 g/mol. The van der Waals surface area contributed by atoms with Crippen LogP contribution in [0.25, 0.3) is 0 Å². The first-order chi connectivity index (χ1) is 4.71. The Kier molecular flexibility index (Phi) is 1.45. The largest absolute Gasteiger partial charge is 0.516 e. The summed E-state index contributed by atoms with van der Waals surface area (Å²) in [5.74, 6) is 0. The van der Waals surface area contributed by atoms with E-state index in [4.69, 9.17) is 5.11 Å². The van der Waals surface area contributed by atoms with Crippen molar-refractivity contribution in [3.8, 4) is 0 Å². The number of hydrogen-bond donors (Lipinski definition) is 1. The fraction of sp³-hybridized carbons (Fsp3) is 0.333. The lowest BCUT2D eigenvalue weighted by Gasteiger charge is -2.01. The van der Waals surface area contributed by atoms with Crippen LogP contribution in [0.15, 0.2) is 24.5 Å². The maximum Gasteiger partial charge on any atom is 0.262 e. The Morgan fingerprint density at radius 2 is 2.30 bits per heavy atom. The molecule has 0 spiro atoms. The molecule has 0 saturated heterocycles. The lowest BCUT2D eigenvalue weighted by atomic mass is 10.1. The average molecular weight is 141 g/mol. The summed E-state index contributed by atoms with van der Waals surface area (Å²) in [6.45, 7) is 0. The second kappa shape index (κ2) is 2.13. The van der Waals surface area contributed by atoms with E-state index in [-0.39, 0.29) is 11.3 Å². The zero-order chi connectivity index (χ0) is 7.61. The number of nitro groups is 1. The Morgan fingerprint density at radius 1 is 1.70 bits per heavy atom. The van der Waals surface area contributed by atoms with E-state index >= 15 is 0 Å². The van der Waals surface area contributed by atoms with Crippen LogP contribution in [0.5, 0.6) is 0 Å². The molecule has 0 aromatic carbocycles. The van der Waals surface area contributed by atoms with E-state index in [1.54, 1.807) is 0 Å². The smallest absolute Gasteiger partial charge is 0.262 e. The third kappa shape index (κ3) is 1.00. The van der Waals surface area contributed by atoms with Gasteiger partial charge in [0, 0.05) is 11.3 Å². The molecule has 4 heteroatoms. The van der Waals surface area contributed by atoms with Crippen molar-refractivity contribution in [2.45, 2.75) is 12.0 Å². The topological polar surface area (TPSA) is 63.4 Å². The second-order valence-electron chi connectivity index (χ2n) is 2.17. The first kappa shape index (κ1) is 6.80. The Morgan fingerprint density at radius 3 is 2.60 bits per heavy atom. The predicted octanol–water partition coefficient (Wildman–Crippen LogP) is 1.03. The quantitative estimate of drug-likeness (QED) is 0.276. The van der Waals surface area contributed by atoms with Crippen LogP contribution < -0.4 is 0 Å². The number of nitrogens with zero attached hydrogens (tertiary/aromatic N) is 1. The summed E-state index contributed by atoms with van der Waals surface area (Å²) in [5, 5.41) is 18.4. The van der Waals surface area contributed by atoms with Gasteiger partial charge in [-0.15, -0.1) is 0 Å². The summed E-state index contributed by atoms with van der Waals surface area (Å²) in [7, 11) is 0. The number of aliphatic hydroxyl groups excluding tert-OH is 1. The van der Waals surface area contributed by atoms with Gasteiger partial charge >= 0.3 is 0 Å². The van der Waals surface area contributed by atoms with Crippen LogP contribution in [0.4, 0.5) is 0 Å². The molecule has 0 atom stereocenters. The maximum atomic E-state index is 10.2. The molecule has 54 valence electrons. The Bertz CT molecular complexity index is 201. The molecule has 0 aromatic heterocycles. The van der Waals surface area contributed by atoms with E-state index in [0.29, 0.717) is 0 Å². The molecule has 1 rings (SSSR count). The van der Waals surface area contributed by atoms with Crippen molar-refractivity contribution in [2.24, 2.45) is 0 Å². The molecule has 1 N–H and O–H groups in total. The van der Waals surface area contributed by atoms with E-state index < -0.39 is 5.54 Å². The van der Waals surface area contributed by atoms with Crippen LogP contribution in [0.2, 0.25) is 0 Å². The molecule has 0 saturated carbocycles. The molecular weight excluding hydrogens is 134 g/mol. The summed E-state index contributed by atoms with van der Waals surface area (Å²) in [6.07, 6.45) is 5.45. The van der Waals surface area contributed by atoms with E-state index in [1.165, 1.54) is 18.2 Å². The summed E-state index contributed by atoms with van der Waals surface area (Å²) in [5.41, 5.74) is -0.973. The minimum absolute atomic E-state index is 0.247. The zero-order valence-corrected chi connectivity index (χ0v) is 5.23. The van der Waals surface area contributed by atoms with Crippen molar-refractivity contribution >= 4 is 0 Å². The minimum atomic E-state index is -0.973. The van der Waals surface area contributed by atoms with Gasteiger partial charge < -0.3 is 5.11 Å². The first-order valence-corrected chi connectivity index (χ1v) is 2.85. The van der Waals surface area contributed by atoms with E-state index in [0.717, 1.165) is 6.26 Å². The highest BCUT2D eigenvalue weighted by Crippen LogP contribution is 2.31. The normalized spacial score (nSPS) is 19.6. The van der Waals surface area contributed by atoms with E-state index in [1.807, 2.05) is 0 Å². The van der Waals surface area contributed by atoms with Gasteiger partial charge in [-0.1, -0.05) is 0 Å². The lowest BCUT2D eigenvalue weighted by Crippen LogP contribution is -2.21. The molecule has 0 heterocycles. The van der Waals surface area contributed by atoms with Gasteiger partial charge in [-0.2, -0.15) is 0 Å². The van der Waals surface area contributed by atoms with Crippen molar-refractivity contribution in [3.05, 3.63) is 34.6 Å². The maximum absolute atomic E-state index is 10.2. The third-order valence-corrected chi connectivity index (χ3v) is 1.44. The highest BCUT2D eigenvalue weighted by molar-refractivity contribution is 5.30. The van der Waals surface area contributed by atoms with Crippen LogP contribution in [-0.2, 0) is 0 Å². The predicted molar refractivity (Wildman–Crippen MR) is 35.3 cm³/mol. The van der Waals surface area contributed by atoms with Crippen molar-refractivity contribution in [3.63, 3.8) is 0 Å². The number of aliphatic hydroxyl groups is 1. The minimum Gasteiger partial charge on any atom is -0.516 e. The number of rotatable bonds is 3. The zero-order valence-electron chi connectivity index (χ0n) is 5.23. The highest BCUT2D eigenvalue weighted by atomic mass is 16.6.